The van der Waals surface area contributed by atoms with Gasteiger partial charge in [-0.2, -0.15) is 0 Å². The second-order valence-corrected chi connectivity index (χ2v) is 3.85. The Kier molecular flexibility index (Phi) is 3.50. The lowest BCUT2D eigenvalue weighted by atomic mass is 10.1. The number of hydrogen-bond acceptors (Lipinski definition) is 2. The molecule has 0 saturated carbocycles. The maximum atomic E-state index is 11.8. The van der Waals surface area contributed by atoms with E-state index in [0.29, 0.717) is 12.1 Å². The molecular weight excluding hydrogens is 212 g/mol. The smallest absolute Gasteiger partial charge is 0.253 e. The van der Waals surface area contributed by atoms with Gasteiger partial charge < -0.3 is 5.32 Å². The average molecular weight is 226 g/mol. The molecule has 0 aliphatic carbocycles. The summed E-state index contributed by atoms with van der Waals surface area (Å²) in [5.41, 5.74) is 2.89. The monoisotopic (exact) mass is 226 g/mol. The lowest BCUT2D eigenvalue weighted by Gasteiger charge is -2.07. The maximum Gasteiger partial charge on any atom is 0.253 e. The number of amides is 1. The summed E-state index contributed by atoms with van der Waals surface area (Å²) in [5.74, 6) is -0.0960. The van der Waals surface area contributed by atoms with E-state index in [-0.39, 0.29) is 5.91 Å². The number of pyridine rings is 1. The number of hydrogen-bond donors (Lipinski definition) is 1. The van der Waals surface area contributed by atoms with Crippen molar-refractivity contribution < 1.29 is 4.79 Å². The highest BCUT2D eigenvalue weighted by molar-refractivity contribution is 5.93. The Bertz CT molecular complexity index is 509. The number of aryl methyl sites for hydroxylation is 1. The minimum absolute atomic E-state index is 0.0960. The summed E-state index contributed by atoms with van der Waals surface area (Å²) in [6.45, 7) is 2.58. The standard InChI is InChI=1S/C14H14N2O/c1-11-5-2-3-6-12(11)10-16-14(17)13-7-4-8-15-9-13/h2-9H,10H2,1H3,(H,16,17). The van der Waals surface area contributed by atoms with Crippen LogP contribution in [0.2, 0.25) is 0 Å². The van der Waals surface area contributed by atoms with Crippen molar-refractivity contribution in [2.45, 2.75) is 13.5 Å². The highest BCUT2D eigenvalue weighted by Crippen LogP contribution is 2.06. The van der Waals surface area contributed by atoms with Gasteiger partial charge in [-0.25, -0.2) is 0 Å². The van der Waals surface area contributed by atoms with Gasteiger partial charge in [-0.3, -0.25) is 9.78 Å². The Balaban J connectivity index is 2.00. The molecule has 2 aromatic rings. The first-order valence-electron chi connectivity index (χ1n) is 5.50. The van der Waals surface area contributed by atoms with Gasteiger partial charge in [-0.1, -0.05) is 24.3 Å². The van der Waals surface area contributed by atoms with E-state index in [1.807, 2.05) is 31.2 Å². The maximum absolute atomic E-state index is 11.8. The largest absolute Gasteiger partial charge is 0.348 e. The zero-order valence-electron chi connectivity index (χ0n) is 9.68. The van der Waals surface area contributed by atoms with E-state index in [1.54, 1.807) is 24.5 Å². The molecule has 0 spiro atoms. The van der Waals surface area contributed by atoms with Gasteiger partial charge in [0, 0.05) is 18.9 Å². The van der Waals surface area contributed by atoms with Crippen LogP contribution in [-0.4, -0.2) is 10.9 Å². The first-order chi connectivity index (χ1) is 8.27. The van der Waals surface area contributed by atoms with E-state index >= 15 is 0 Å². The molecule has 0 saturated heterocycles. The van der Waals surface area contributed by atoms with Gasteiger partial charge in [-0.15, -0.1) is 0 Å². The summed E-state index contributed by atoms with van der Waals surface area (Å²) in [7, 11) is 0. The zero-order valence-corrected chi connectivity index (χ0v) is 9.68. The van der Waals surface area contributed by atoms with Crippen molar-refractivity contribution in [3.8, 4) is 0 Å². The van der Waals surface area contributed by atoms with E-state index in [9.17, 15) is 4.79 Å². The SMILES string of the molecule is Cc1ccccc1CNC(=O)c1cccnc1. The molecule has 0 aliphatic heterocycles. The van der Waals surface area contributed by atoms with E-state index < -0.39 is 0 Å². The molecule has 0 unspecified atom stereocenters. The number of rotatable bonds is 3. The van der Waals surface area contributed by atoms with Crippen molar-refractivity contribution in [2.24, 2.45) is 0 Å². The van der Waals surface area contributed by atoms with Gasteiger partial charge in [-0.05, 0) is 30.2 Å². The molecule has 0 aliphatic rings. The molecule has 1 amide bonds. The number of nitrogens with one attached hydrogen (secondary N) is 1. The molecule has 2 rings (SSSR count). The summed E-state index contributed by atoms with van der Waals surface area (Å²) < 4.78 is 0. The van der Waals surface area contributed by atoms with Gasteiger partial charge in [0.05, 0.1) is 5.56 Å². The third-order valence-corrected chi connectivity index (χ3v) is 2.62. The van der Waals surface area contributed by atoms with Gasteiger partial charge in [0.25, 0.3) is 5.91 Å². The Morgan fingerprint density at radius 1 is 1.24 bits per heavy atom. The molecule has 1 N–H and O–H groups in total. The van der Waals surface area contributed by atoms with Crippen molar-refractivity contribution in [1.29, 1.82) is 0 Å². The predicted molar refractivity (Wildman–Crippen MR) is 66.6 cm³/mol. The number of carbonyl (C=O) groups is 1. The molecule has 0 radical (unpaired) electrons. The molecule has 0 fully saturated rings. The molecule has 86 valence electrons. The molecule has 3 heteroatoms. The molecule has 0 atom stereocenters. The minimum Gasteiger partial charge on any atom is -0.348 e. The fourth-order valence-corrected chi connectivity index (χ4v) is 1.58. The van der Waals surface area contributed by atoms with E-state index in [1.165, 1.54) is 5.56 Å². The fraction of sp³-hybridized carbons (Fsp3) is 0.143. The number of nitrogens with zero attached hydrogens (tertiary/aromatic N) is 1. The van der Waals surface area contributed by atoms with Crippen molar-refractivity contribution in [1.82, 2.24) is 10.3 Å². The zero-order chi connectivity index (χ0) is 12.1. The van der Waals surface area contributed by atoms with Crippen LogP contribution in [0.25, 0.3) is 0 Å². The van der Waals surface area contributed by atoms with Crippen LogP contribution >= 0.6 is 0 Å². The summed E-state index contributed by atoms with van der Waals surface area (Å²) in [6.07, 6.45) is 3.21. The summed E-state index contributed by atoms with van der Waals surface area (Å²) in [6, 6.07) is 11.5. The predicted octanol–water partition coefficient (Wildman–Crippen LogP) is 2.32. The molecule has 0 bridgehead atoms. The average Bonchev–Trinajstić information content (AvgIpc) is 2.38. The molecule has 1 aromatic heterocycles. The van der Waals surface area contributed by atoms with Crippen LogP contribution in [0, 0.1) is 6.92 Å². The first kappa shape index (κ1) is 11.3. The van der Waals surface area contributed by atoms with Gasteiger partial charge in [0.1, 0.15) is 0 Å². The topological polar surface area (TPSA) is 42.0 Å². The normalized spacial score (nSPS) is 9.94. The summed E-state index contributed by atoms with van der Waals surface area (Å²) in [4.78, 5) is 15.7. The van der Waals surface area contributed by atoms with Crippen LogP contribution < -0.4 is 5.32 Å². The Labute approximate surface area is 101 Å². The van der Waals surface area contributed by atoms with Crippen LogP contribution in [0.1, 0.15) is 21.5 Å². The Morgan fingerprint density at radius 3 is 2.76 bits per heavy atom. The van der Waals surface area contributed by atoms with Crippen LogP contribution in [0.15, 0.2) is 48.8 Å². The minimum atomic E-state index is -0.0960. The second kappa shape index (κ2) is 5.25. The quantitative estimate of drug-likeness (QED) is 0.872. The number of carbonyl (C=O) groups excluding carboxylic acids is 1. The summed E-state index contributed by atoms with van der Waals surface area (Å²) >= 11 is 0. The highest BCUT2D eigenvalue weighted by atomic mass is 16.1. The Morgan fingerprint density at radius 2 is 2.06 bits per heavy atom. The summed E-state index contributed by atoms with van der Waals surface area (Å²) in [5, 5.41) is 2.88. The first-order valence-corrected chi connectivity index (χ1v) is 5.50. The van der Waals surface area contributed by atoms with Crippen LogP contribution in [-0.2, 0) is 6.54 Å². The second-order valence-electron chi connectivity index (χ2n) is 3.85. The van der Waals surface area contributed by atoms with Crippen LogP contribution in [0.4, 0.5) is 0 Å². The van der Waals surface area contributed by atoms with E-state index in [2.05, 4.69) is 10.3 Å². The van der Waals surface area contributed by atoms with Crippen molar-refractivity contribution >= 4 is 5.91 Å². The molecule has 1 heterocycles. The fourth-order valence-electron chi connectivity index (χ4n) is 1.58. The van der Waals surface area contributed by atoms with Crippen molar-refractivity contribution in [2.75, 3.05) is 0 Å². The van der Waals surface area contributed by atoms with Crippen LogP contribution in [0.3, 0.4) is 0 Å². The van der Waals surface area contributed by atoms with E-state index in [4.69, 9.17) is 0 Å². The Hall–Kier alpha value is -2.16. The molecule has 3 nitrogen and oxygen atoms in total. The van der Waals surface area contributed by atoms with Gasteiger partial charge in [0.2, 0.25) is 0 Å². The van der Waals surface area contributed by atoms with Gasteiger partial charge >= 0.3 is 0 Å². The third-order valence-electron chi connectivity index (χ3n) is 2.62. The van der Waals surface area contributed by atoms with Crippen molar-refractivity contribution in [3.05, 3.63) is 65.5 Å². The lowest BCUT2D eigenvalue weighted by Crippen LogP contribution is -2.23. The van der Waals surface area contributed by atoms with E-state index in [0.717, 1.165) is 5.56 Å². The van der Waals surface area contributed by atoms with Crippen LogP contribution in [0.5, 0.6) is 0 Å². The third kappa shape index (κ3) is 2.91. The molecule has 1 aromatic carbocycles. The van der Waals surface area contributed by atoms with Gasteiger partial charge in [0.15, 0.2) is 0 Å². The number of aromatic nitrogens is 1. The number of benzene rings is 1. The molecule has 17 heavy (non-hydrogen) atoms. The molecular formula is C14H14N2O. The lowest BCUT2D eigenvalue weighted by molar-refractivity contribution is 0.0950. The highest BCUT2D eigenvalue weighted by Gasteiger charge is 2.05. The van der Waals surface area contributed by atoms with Crippen molar-refractivity contribution in [3.63, 3.8) is 0 Å².